The van der Waals surface area contributed by atoms with Crippen molar-refractivity contribution in [2.45, 2.75) is 32.3 Å². The Labute approximate surface area is 125 Å². The zero-order valence-corrected chi connectivity index (χ0v) is 12.6. The minimum absolute atomic E-state index is 0.0276. The van der Waals surface area contributed by atoms with E-state index in [1.807, 2.05) is 19.1 Å². The molecule has 1 saturated carbocycles. The van der Waals surface area contributed by atoms with Gasteiger partial charge in [0.1, 0.15) is 11.9 Å². The highest BCUT2D eigenvalue weighted by atomic mass is 35.5. The van der Waals surface area contributed by atoms with Crippen LogP contribution in [0.4, 0.5) is 0 Å². The van der Waals surface area contributed by atoms with E-state index in [0.717, 1.165) is 18.2 Å². The van der Waals surface area contributed by atoms with Crippen LogP contribution in [0.3, 0.4) is 0 Å². The van der Waals surface area contributed by atoms with E-state index in [2.05, 4.69) is 10.3 Å². The molecule has 3 N–H and O–H groups in total. The Hall–Kier alpha value is -1.42. The van der Waals surface area contributed by atoms with Crippen molar-refractivity contribution in [1.82, 2.24) is 5.32 Å². The molecule has 1 aliphatic carbocycles. The summed E-state index contributed by atoms with van der Waals surface area (Å²) in [5.41, 5.74) is 5.83. The van der Waals surface area contributed by atoms with Crippen LogP contribution >= 0.6 is 11.6 Å². The Kier molecular flexibility index (Phi) is 5.53. The topological polar surface area (TPSA) is 59.6 Å². The van der Waals surface area contributed by atoms with Gasteiger partial charge in [-0.25, -0.2) is 4.99 Å². The summed E-state index contributed by atoms with van der Waals surface area (Å²) < 4.78 is 5.73. The number of aliphatic imine (C=N–C) groups is 1. The van der Waals surface area contributed by atoms with Crippen LogP contribution in [0.5, 0.6) is 5.75 Å². The van der Waals surface area contributed by atoms with Crippen LogP contribution in [0, 0.1) is 5.92 Å². The summed E-state index contributed by atoms with van der Waals surface area (Å²) in [6.07, 6.45) is 3.92. The van der Waals surface area contributed by atoms with Gasteiger partial charge >= 0.3 is 0 Å². The number of benzene rings is 1. The summed E-state index contributed by atoms with van der Waals surface area (Å²) in [6, 6.07) is 7.31. The molecule has 4 nitrogen and oxygen atoms in total. The standard InChI is InChI=1S/C15H22ClN3O/c1-11(20-14-7-5-13(16)6-8-14)9-18-15(17)19-10-12-3-2-4-12/h5-8,11-12H,2-4,9-10H2,1H3,(H3,17,18,19). The first-order valence-corrected chi connectivity index (χ1v) is 7.47. The molecular formula is C15H22ClN3O. The molecule has 0 spiro atoms. The molecule has 110 valence electrons. The second-order valence-electron chi connectivity index (χ2n) is 5.29. The molecule has 20 heavy (non-hydrogen) atoms. The molecule has 0 heterocycles. The average Bonchev–Trinajstić information content (AvgIpc) is 2.37. The van der Waals surface area contributed by atoms with Gasteiger partial charge in [-0.3, -0.25) is 0 Å². The summed E-state index contributed by atoms with van der Waals surface area (Å²) in [5.74, 6) is 2.06. The Balaban J connectivity index is 1.69. The van der Waals surface area contributed by atoms with Crippen molar-refractivity contribution in [3.8, 4) is 5.75 Å². The van der Waals surface area contributed by atoms with Gasteiger partial charge < -0.3 is 15.8 Å². The predicted octanol–water partition coefficient (Wildman–Crippen LogP) is 2.81. The Bertz CT molecular complexity index is 443. The lowest BCUT2D eigenvalue weighted by atomic mass is 9.85. The quantitative estimate of drug-likeness (QED) is 0.627. The number of nitrogens with two attached hydrogens (primary N) is 1. The predicted molar refractivity (Wildman–Crippen MR) is 83.4 cm³/mol. The van der Waals surface area contributed by atoms with Crippen molar-refractivity contribution >= 4 is 17.6 Å². The van der Waals surface area contributed by atoms with Crippen LogP contribution in [-0.2, 0) is 0 Å². The largest absolute Gasteiger partial charge is 0.489 e. The fourth-order valence-electron chi connectivity index (χ4n) is 2.01. The van der Waals surface area contributed by atoms with E-state index >= 15 is 0 Å². The number of ether oxygens (including phenoxy) is 1. The highest BCUT2D eigenvalue weighted by molar-refractivity contribution is 6.30. The van der Waals surface area contributed by atoms with Gasteiger partial charge in [-0.15, -0.1) is 0 Å². The smallest absolute Gasteiger partial charge is 0.188 e. The first-order valence-electron chi connectivity index (χ1n) is 7.09. The lowest BCUT2D eigenvalue weighted by Crippen LogP contribution is -2.37. The summed E-state index contributed by atoms with van der Waals surface area (Å²) in [4.78, 5) is 4.30. The zero-order valence-electron chi connectivity index (χ0n) is 11.8. The fraction of sp³-hybridized carbons (Fsp3) is 0.533. The number of hydrogen-bond acceptors (Lipinski definition) is 2. The number of nitrogens with one attached hydrogen (secondary N) is 1. The van der Waals surface area contributed by atoms with Crippen molar-refractivity contribution in [3.05, 3.63) is 29.3 Å². The van der Waals surface area contributed by atoms with Crippen molar-refractivity contribution in [2.24, 2.45) is 16.6 Å². The average molecular weight is 296 g/mol. The highest BCUT2D eigenvalue weighted by Crippen LogP contribution is 2.25. The van der Waals surface area contributed by atoms with E-state index in [1.54, 1.807) is 12.1 Å². The Morgan fingerprint density at radius 3 is 2.75 bits per heavy atom. The highest BCUT2D eigenvalue weighted by Gasteiger charge is 2.16. The van der Waals surface area contributed by atoms with Gasteiger partial charge in [0.25, 0.3) is 0 Å². The maximum absolute atomic E-state index is 5.83. The summed E-state index contributed by atoms with van der Waals surface area (Å²) in [7, 11) is 0. The van der Waals surface area contributed by atoms with Crippen molar-refractivity contribution in [1.29, 1.82) is 0 Å². The molecule has 1 aliphatic rings. The van der Waals surface area contributed by atoms with E-state index in [-0.39, 0.29) is 6.10 Å². The van der Waals surface area contributed by atoms with E-state index in [0.29, 0.717) is 17.5 Å². The van der Waals surface area contributed by atoms with Gasteiger partial charge in [0, 0.05) is 11.6 Å². The fourth-order valence-corrected chi connectivity index (χ4v) is 2.14. The minimum Gasteiger partial charge on any atom is -0.489 e. The number of halogens is 1. The number of guanidine groups is 1. The maximum Gasteiger partial charge on any atom is 0.188 e. The molecule has 0 bridgehead atoms. The number of hydrogen-bond donors (Lipinski definition) is 2. The van der Waals surface area contributed by atoms with Gasteiger partial charge in [0.05, 0.1) is 6.54 Å². The van der Waals surface area contributed by atoms with E-state index in [1.165, 1.54) is 19.3 Å². The summed E-state index contributed by atoms with van der Waals surface area (Å²) in [5, 5.41) is 3.87. The summed E-state index contributed by atoms with van der Waals surface area (Å²) in [6.45, 7) is 3.44. The maximum atomic E-state index is 5.83. The molecule has 1 aromatic carbocycles. The third-order valence-electron chi connectivity index (χ3n) is 3.47. The lowest BCUT2D eigenvalue weighted by Gasteiger charge is -2.25. The number of rotatable bonds is 6. The second-order valence-corrected chi connectivity index (χ2v) is 5.72. The molecule has 1 fully saturated rings. The van der Waals surface area contributed by atoms with Crippen molar-refractivity contribution in [2.75, 3.05) is 13.1 Å². The molecule has 2 rings (SSSR count). The van der Waals surface area contributed by atoms with Crippen LogP contribution in [0.15, 0.2) is 29.3 Å². The van der Waals surface area contributed by atoms with Crippen molar-refractivity contribution in [3.63, 3.8) is 0 Å². The van der Waals surface area contributed by atoms with Crippen LogP contribution < -0.4 is 15.8 Å². The molecule has 0 amide bonds. The van der Waals surface area contributed by atoms with E-state index in [9.17, 15) is 0 Å². The van der Waals surface area contributed by atoms with Gasteiger partial charge in [0.15, 0.2) is 5.96 Å². The Morgan fingerprint density at radius 1 is 1.45 bits per heavy atom. The van der Waals surface area contributed by atoms with Crippen LogP contribution in [-0.4, -0.2) is 25.2 Å². The van der Waals surface area contributed by atoms with Crippen molar-refractivity contribution < 1.29 is 4.74 Å². The van der Waals surface area contributed by atoms with E-state index < -0.39 is 0 Å². The summed E-state index contributed by atoms with van der Waals surface area (Å²) >= 11 is 5.83. The van der Waals surface area contributed by atoms with Crippen LogP contribution in [0.25, 0.3) is 0 Å². The molecule has 1 aromatic rings. The van der Waals surface area contributed by atoms with Crippen LogP contribution in [0.2, 0.25) is 5.02 Å². The number of nitrogens with zero attached hydrogens (tertiary/aromatic N) is 1. The third kappa shape index (κ3) is 4.93. The van der Waals surface area contributed by atoms with Gasteiger partial charge in [-0.1, -0.05) is 18.0 Å². The monoisotopic (exact) mass is 295 g/mol. The first kappa shape index (κ1) is 15.0. The molecule has 0 aliphatic heterocycles. The SMILES string of the molecule is CC(CN=C(N)NCC1CCC1)Oc1ccc(Cl)cc1. The second kappa shape index (κ2) is 7.39. The van der Waals surface area contributed by atoms with Gasteiger partial charge in [0.2, 0.25) is 0 Å². The van der Waals surface area contributed by atoms with E-state index in [4.69, 9.17) is 22.1 Å². The normalized spacial score (nSPS) is 17.4. The minimum atomic E-state index is -0.0276. The molecule has 1 atom stereocenters. The molecule has 0 radical (unpaired) electrons. The molecule has 1 unspecified atom stereocenters. The zero-order chi connectivity index (χ0) is 14.4. The Morgan fingerprint density at radius 2 is 2.15 bits per heavy atom. The lowest BCUT2D eigenvalue weighted by molar-refractivity contribution is 0.230. The van der Waals surface area contributed by atoms with Gasteiger partial charge in [-0.2, -0.15) is 0 Å². The molecular weight excluding hydrogens is 274 g/mol. The van der Waals surface area contributed by atoms with Crippen LogP contribution in [0.1, 0.15) is 26.2 Å². The molecule has 5 heteroatoms. The molecule has 0 aromatic heterocycles. The van der Waals surface area contributed by atoms with Gasteiger partial charge in [-0.05, 0) is 49.9 Å². The first-order chi connectivity index (χ1) is 9.63. The third-order valence-corrected chi connectivity index (χ3v) is 3.72. The molecule has 0 saturated heterocycles.